The van der Waals surface area contributed by atoms with Gasteiger partial charge in [-0.2, -0.15) is 0 Å². The fourth-order valence-electron chi connectivity index (χ4n) is 1.22. The first-order valence-electron chi connectivity index (χ1n) is 5.25. The molecule has 1 atom stereocenters. The Morgan fingerprint density at radius 3 is 2.40 bits per heavy atom. The smallest absolute Gasteiger partial charge is 0.236 e. The first-order valence-corrected chi connectivity index (χ1v) is 5.25. The number of rotatable bonds is 7. The molecule has 0 aromatic rings. The minimum absolute atomic E-state index is 0.159. The summed E-state index contributed by atoms with van der Waals surface area (Å²) in [5.74, 6) is -0.111. The number of nitrogens with one attached hydrogen (secondary N) is 1. The second-order valence-corrected chi connectivity index (χ2v) is 4.10. The molecular formula is C10H21N3O2. The largest absolute Gasteiger partial charge is 0.370 e. The van der Waals surface area contributed by atoms with Crippen LogP contribution >= 0.6 is 0 Å². The van der Waals surface area contributed by atoms with Crippen LogP contribution in [0.2, 0.25) is 0 Å². The zero-order chi connectivity index (χ0) is 11.8. The molecular weight excluding hydrogens is 194 g/mol. The Kier molecular flexibility index (Phi) is 6.70. The number of carbonyl (C=O) groups excluding carboxylic acids is 2. The highest BCUT2D eigenvalue weighted by Gasteiger charge is 2.13. The fraction of sp³-hybridized carbons (Fsp3) is 0.800. The van der Waals surface area contributed by atoms with Gasteiger partial charge in [-0.1, -0.05) is 13.8 Å². The van der Waals surface area contributed by atoms with E-state index in [9.17, 15) is 9.59 Å². The summed E-state index contributed by atoms with van der Waals surface area (Å²) in [6.07, 6.45) is 1.52. The molecule has 0 spiro atoms. The number of amides is 2. The Morgan fingerprint density at radius 1 is 1.33 bits per heavy atom. The summed E-state index contributed by atoms with van der Waals surface area (Å²) in [7, 11) is 0. The van der Waals surface area contributed by atoms with Gasteiger partial charge in [-0.05, 0) is 18.8 Å². The zero-order valence-electron chi connectivity index (χ0n) is 9.45. The van der Waals surface area contributed by atoms with Crippen LogP contribution in [-0.2, 0) is 9.59 Å². The van der Waals surface area contributed by atoms with E-state index in [1.54, 1.807) is 0 Å². The average molecular weight is 215 g/mol. The molecule has 0 aromatic heterocycles. The Hall–Kier alpha value is -1.10. The van der Waals surface area contributed by atoms with E-state index in [2.05, 4.69) is 5.32 Å². The van der Waals surface area contributed by atoms with Crippen molar-refractivity contribution in [3.63, 3.8) is 0 Å². The van der Waals surface area contributed by atoms with Crippen LogP contribution in [0.4, 0.5) is 0 Å². The van der Waals surface area contributed by atoms with E-state index in [1.807, 2.05) is 13.8 Å². The van der Waals surface area contributed by atoms with Crippen LogP contribution in [-0.4, -0.2) is 24.4 Å². The highest BCUT2D eigenvalue weighted by Crippen LogP contribution is 2.02. The predicted octanol–water partition coefficient (Wildman–Crippen LogP) is -0.258. The molecule has 0 radical (unpaired) electrons. The molecule has 5 N–H and O–H groups in total. The first kappa shape index (κ1) is 13.9. The maximum absolute atomic E-state index is 11.4. The predicted molar refractivity (Wildman–Crippen MR) is 58.9 cm³/mol. The summed E-state index contributed by atoms with van der Waals surface area (Å²) in [6, 6.07) is -0.460. The van der Waals surface area contributed by atoms with Gasteiger partial charge in [0.1, 0.15) is 0 Å². The minimum Gasteiger partial charge on any atom is -0.370 e. The summed E-state index contributed by atoms with van der Waals surface area (Å²) in [5.41, 5.74) is 10.6. The molecule has 0 saturated heterocycles. The lowest BCUT2D eigenvalue weighted by atomic mass is 10.0. The van der Waals surface area contributed by atoms with E-state index in [0.717, 1.165) is 0 Å². The van der Waals surface area contributed by atoms with Crippen molar-refractivity contribution in [2.24, 2.45) is 17.4 Å². The lowest BCUT2D eigenvalue weighted by Crippen LogP contribution is -2.41. The number of hydrogen-bond donors (Lipinski definition) is 3. The van der Waals surface area contributed by atoms with Gasteiger partial charge in [0.25, 0.3) is 0 Å². The monoisotopic (exact) mass is 215 g/mol. The summed E-state index contributed by atoms with van der Waals surface area (Å²) in [6.45, 7) is 4.48. The van der Waals surface area contributed by atoms with E-state index < -0.39 is 6.04 Å². The molecule has 0 bridgehead atoms. The van der Waals surface area contributed by atoms with Crippen LogP contribution in [0, 0.1) is 5.92 Å². The summed E-state index contributed by atoms with van der Waals surface area (Å²) < 4.78 is 0. The zero-order valence-corrected chi connectivity index (χ0v) is 9.45. The van der Waals surface area contributed by atoms with Crippen molar-refractivity contribution >= 4 is 11.8 Å². The normalized spacial score (nSPS) is 12.5. The Morgan fingerprint density at radius 2 is 1.93 bits per heavy atom. The van der Waals surface area contributed by atoms with Crippen LogP contribution < -0.4 is 16.8 Å². The van der Waals surface area contributed by atoms with Gasteiger partial charge < -0.3 is 16.8 Å². The maximum Gasteiger partial charge on any atom is 0.236 e. The standard InChI is InChI=1S/C10H21N3O2/c1-7(2)6-8(11)10(15)13-5-3-4-9(12)14/h7-8H,3-6,11H2,1-2H3,(H2,12,14)(H,13,15)/t8-/m1/s1. The highest BCUT2D eigenvalue weighted by atomic mass is 16.2. The van der Waals surface area contributed by atoms with Crippen molar-refractivity contribution in [2.45, 2.75) is 39.2 Å². The quantitative estimate of drug-likeness (QED) is 0.510. The van der Waals surface area contributed by atoms with Crippen molar-refractivity contribution < 1.29 is 9.59 Å². The third-order valence-corrected chi connectivity index (χ3v) is 1.96. The summed E-state index contributed by atoms with van der Waals surface area (Å²) >= 11 is 0. The maximum atomic E-state index is 11.4. The van der Waals surface area contributed by atoms with Crippen molar-refractivity contribution in [1.82, 2.24) is 5.32 Å². The highest BCUT2D eigenvalue weighted by molar-refractivity contribution is 5.81. The molecule has 0 aliphatic rings. The fourth-order valence-corrected chi connectivity index (χ4v) is 1.22. The molecule has 0 fully saturated rings. The summed E-state index contributed by atoms with van der Waals surface area (Å²) in [5, 5.41) is 2.67. The first-order chi connectivity index (χ1) is 6.93. The molecule has 0 aromatic carbocycles. The third-order valence-electron chi connectivity index (χ3n) is 1.96. The summed E-state index contributed by atoms with van der Waals surface area (Å²) in [4.78, 5) is 21.8. The van der Waals surface area contributed by atoms with Gasteiger partial charge in [-0.3, -0.25) is 9.59 Å². The van der Waals surface area contributed by atoms with Gasteiger partial charge in [0.05, 0.1) is 6.04 Å². The number of nitrogens with two attached hydrogens (primary N) is 2. The van der Waals surface area contributed by atoms with Crippen LogP contribution in [0.3, 0.4) is 0 Å². The van der Waals surface area contributed by atoms with Gasteiger partial charge in [0.15, 0.2) is 0 Å². The van der Waals surface area contributed by atoms with E-state index in [-0.39, 0.29) is 11.8 Å². The second kappa shape index (κ2) is 7.23. The molecule has 0 saturated carbocycles. The molecule has 2 amide bonds. The lowest BCUT2D eigenvalue weighted by molar-refractivity contribution is -0.123. The third kappa shape index (κ3) is 7.93. The molecule has 0 aliphatic carbocycles. The average Bonchev–Trinajstić information content (AvgIpc) is 2.10. The molecule has 5 heteroatoms. The van der Waals surface area contributed by atoms with E-state index in [1.165, 1.54) is 0 Å². The van der Waals surface area contributed by atoms with Crippen molar-refractivity contribution in [3.8, 4) is 0 Å². The van der Waals surface area contributed by atoms with Crippen LogP contribution in [0.15, 0.2) is 0 Å². The molecule has 0 unspecified atom stereocenters. The van der Waals surface area contributed by atoms with Crippen molar-refractivity contribution in [1.29, 1.82) is 0 Å². The molecule has 5 nitrogen and oxygen atoms in total. The van der Waals surface area contributed by atoms with E-state index >= 15 is 0 Å². The lowest BCUT2D eigenvalue weighted by Gasteiger charge is -2.13. The van der Waals surface area contributed by atoms with Crippen molar-refractivity contribution in [3.05, 3.63) is 0 Å². The van der Waals surface area contributed by atoms with Crippen LogP contribution in [0.5, 0.6) is 0 Å². The molecule has 0 heterocycles. The Balaban J connectivity index is 3.60. The van der Waals surface area contributed by atoms with Gasteiger partial charge in [0, 0.05) is 13.0 Å². The second-order valence-electron chi connectivity index (χ2n) is 4.10. The van der Waals surface area contributed by atoms with Crippen LogP contribution in [0.25, 0.3) is 0 Å². The SMILES string of the molecule is CC(C)C[C@@H](N)C(=O)NCCCC(N)=O. The van der Waals surface area contributed by atoms with Crippen LogP contribution in [0.1, 0.15) is 33.1 Å². The molecule has 0 aliphatic heterocycles. The van der Waals surface area contributed by atoms with E-state index in [0.29, 0.717) is 31.7 Å². The van der Waals surface area contributed by atoms with Gasteiger partial charge in [0.2, 0.25) is 11.8 Å². The Bertz CT molecular complexity index is 217. The number of carbonyl (C=O) groups is 2. The van der Waals surface area contributed by atoms with E-state index in [4.69, 9.17) is 11.5 Å². The molecule has 15 heavy (non-hydrogen) atoms. The topological polar surface area (TPSA) is 98.2 Å². The van der Waals surface area contributed by atoms with Gasteiger partial charge in [-0.25, -0.2) is 0 Å². The molecule has 0 rings (SSSR count). The Labute approximate surface area is 90.6 Å². The van der Waals surface area contributed by atoms with Crippen molar-refractivity contribution in [2.75, 3.05) is 6.54 Å². The van der Waals surface area contributed by atoms with Gasteiger partial charge in [-0.15, -0.1) is 0 Å². The number of hydrogen-bond acceptors (Lipinski definition) is 3. The van der Waals surface area contributed by atoms with Gasteiger partial charge >= 0.3 is 0 Å². The number of primary amides is 1. The molecule has 88 valence electrons. The minimum atomic E-state index is -0.460.